The Morgan fingerprint density at radius 1 is 1.38 bits per heavy atom. The van der Waals surface area contributed by atoms with Gasteiger partial charge in [-0.25, -0.2) is 4.79 Å². The Hall–Kier alpha value is -2.54. The van der Waals surface area contributed by atoms with Crippen LogP contribution in [0.4, 0.5) is 4.79 Å². The van der Waals surface area contributed by atoms with E-state index in [1.165, 1.54) is 0 Å². The fourth-order valence-electron chi connectivity index (χ4n) is 2.71. The number of rotatable bonds is 6. The number of carbonyl (C=O) groups excluding carboxylic acids is 1. The molecule has 1 aromatic carbocycles. The highest BCUT2D eigenvalue weighted by atomic mass is 16.6. The molecule has 128 valence electrons. The van der Waals surface area contributed by atoms with E-state index in [1.54, 1.807) is 6.20 Å². The van der Waals surface area contributed by atoms with Crippen LogP contribution in [0.3, 0.4) is 0 Å². The fraction of sp³-hybridized carbons (Fsp3) is 0.412. The predicted octanol–water partition coefficient (Wildman–Crippen LogP) is 1.81. The summed E-state index contributed by atoms with van der Waals surface area (Å²) in [5.74, 6) is 0.748. The molecule has 1 aromatic heterocycles. The summed E-state index contributed by atoms with van der Waals surface area (Å²) in [5, 5.41) is 4.18. The number of hydrogen-bond donors (Lipinski definition) is 1. The lowest BCUT2D eigenvalue weighted by atomic mass is 9.99. The van der Waals surface area contributed by atoms with Crippen molar-refractivity contribution in [1.82, 2.24) is 9.78 Å². The van der Waals surface area contributed by atoms with E-state index in [2.05, 4.69) is 5.10 Å². The van der Waals surface area contributed by atoms with Gasteiger partial charge in [-0.05, 0) is 23.8 Å². The summed E-state index contributed by atoms with van der Waals surface area (Å²) in [6.45, 7) is 2.20. The smallest absolute Gasteiger partial charge is 0.404 e. The Balaban J connectivity index is 1.52. The second-order valence-electron chi connectivity index (χ2n) is 5.76. The normalized spacial score (nSPS) is 20.5. The van der Waals surface area contributed by atoms with Crippen LogP contribution >= 0.6 is 0 Å². The summed E-state index contributed by atoms with van der Waals surface area (Å²) >= 11 is 0. The molecular weight excluding hydrogens is 310 g/mol. The second-order valence-corrected chi connectivity index (χ2v) is 5.76. The maximum absolute atomic E-state index is 11.0. The van der Waals surface area contributed by atoms with E-state index in [0.29, 0.717) is 26.2 Å². The first kappa shape index (κ1) is 16.3. The lowest BCUT2D eigenvalue weighted by Gasteiger charge is -2.30. The molecule has 24 heavy (non-hydrogen) atoms. The number of primary amides is 1. The standard InChI is InChI=1S/C17H21N3O4/c18-17(21)24-16-6-9-22-11-14(16)12-23-15-4-2-13(3-5-15)10-20-8-1-7-19-20/h1-5,7-8,14,16H,6,9-12H2,(H2,18,21)/t14-,16+/m1/s1. The molecule has 2 heterocycles. The Bertz CT molecular complexity index is 642. The Kier molecular flexibility index (Phi) is 5.32. The van der Waals surface area contributed by atoms with Gasteiger partial charge in [-0.15, -0.1) is 0 Å². The fourth-order valence-corrected chi connectivity index (χ4v) is 2.71. The molecule has 2 atom stereocenters. The van der Waals surface area contributed by atoms with Crippen molar-refractivity contribution < 1.29 is 19.0 Å². The lowest BCUT2D eigenvalue weighted by molar-refractivity contribution is -0.0541. The molecule has 3 rings (SSSR count). The third-order valence-corrected chi connectivity index (χ3v) is 3.96. The Labute approximate surface area is 140 Å². The highest BCUT2D eigenvalue weighted by Gasteiger charge is 2.29. The van der Waals surface area contributed by atoms with Gasteiger partial charge < -0.3 is 19.9 Å². The highest BCUT2D eigenvalue weighted by molar-refractivity contribution is 5.64. The SMILES string of the molecule is NC(=O)O[C@H]1CCOC[C@@H]1COc1ccc(Cn2cccn2)cc1. The van der Waals surface area contributed by atoms with E-state index in [1.807, 2.05) is 41.2 Å². The zero-order valence-electron chi connectivity index (χ0n) is 13.3. The van der Waals surface area contributed by atoms with Gasteiger partial charge >= 0.3 is 6.09 Å². The van der Waals surface area contributed by atoms with Gasteiger partial charge in [-0.2, -0.15) is 5.10 Å². The quantitative estimate of drug-likeness (QED) is 0.872. The average Bonchev–Trinajstić information content (AvgIpc) is 3.08. The summed E-state index contributed by atoms with van der Waals surface area (Å²) < 4.78 is 18.3. The van der Waals surface area contributed by atoms with Gasteiger partial charge in [0.2, 0.25) is 0 Å². The number of aromatic nitrogens is 2. The summed E-state index contributed by atoms with van der Waals surface area (Å²) in [6.07, 6.45) is 3.31. The number of benzene rings is 1. The molecule has 0 unspecified atom stereocenters. The van der Waals surface area contributed by atoms with Gasteiger partial charge in [0, 0.05) is 18.8 Å². The molecule has 1 saturated heterocycles. The molecule has 1 fully saturated rings. The number of amides is 1. The van der Waals surface area contributed by atoms with Crippen molar-refractivity contribution in [2.75, 3.05) is 19.8 Å². The second kappa shape index (κ2) is 7.83. The van der Waals surface area contributed by atoms with Crippen LogP contribution in [0.2, 0.25) is 0 Å². The molecule has 2 aromatic rings. The first-order valence-electron chi connectivity index (χ1n) is 7.94. The zero-order valence-corrected chi connectivity index (χ0v) is 13.3. The lowest BCUT2D eigenvalue weighted by Crippen LogP contribution is -2.40. The molecule has 0 bridgehead atoms. The van der Waals surface area contributed by atoms with Crippen molar-refractivity contribution in [3.63, 3.8) is 0 Å². The van der Waals surface area contributed by atoms with Crippen molar-refractivity contribution >= 4 is 6.09 Å². The number of hydrogen-bond acceptors (Lipinski definition) is 5. The van der Waals surface area contributed by atoms with Crippen molar-refractivity contribution in [3.8, 4) is 5.75 Å². The van der Waals surface area contributed by atoms with Crippen LogP contribution in [0, 0.1) is 5.92 Å². The number of carbonyl (C=O) groups is 1. The summed E-state index contributed by atoms with van der Waals surface area (Å²) in [4.78, 5) is 11.0. The molecule has 2 N–H and O–H groups in total. The van der Waals surface area contributed by atoms with Crippen LogP contribution in [0.5, 0.6) is 5.75 Å². The minimum atomic E-state index is -0.755. The first-order valence-corrected chi connectivity index (χ1v) is 7.94. The van der Waals surface area contributed by atoms with Crippen molar-refractivity contribution in [3.05, 3.63) is 48.3 Å². The molecule has 0 spiro atoms. The van der Waals surface area contributed by atoms with Gasteiger partial charge in [0.1, 0.15) is 11.9 Å². The number of nitrogens with zero attached hydrogens (tertiary/aromatic N) is 2. The Morgan fingerprint density at radius 3 is 2.92 bits per heavy atom. The predicted molar refractivity (Wildman–Crippen MR) is 86.6 cm³/mol. The highest BCUT2D eigenvalue weighted by Crippen LogP contribution is 2.21. The number of ether oxygens (including phenoxy) is 3. The van der Waals surface area contributed by atoms with Gasteiger partial charge in [-0.3, -0.25) is 4.68 Å². The minimum Gasteiger partial charge on any atom is -0.493 e. The molecule has 0 aliphatic carbocycles. The summed E-state index contributed by atoms with van der Waals surface area (Å²) in [6, 6.07) is 9.75. The average molecular weight is 331 g/mol. The third-order valence-electron chi connectivity index (χ3n) is 3.96. The zero-order chi connectivity index (χ0) is 16.8. The van der Waals surface area contributed by atoms with Crippen LogP contribution in [0.1, 0.15) is 12.0 Å². The van der Waals surface area contributed by atoms with Gasteiger partial charge in [0.25, 0.3) is 0 Å². The van der Waals surface area contributed by atoms with Crippen molar-refractivity contribution in [1.29, 1.82) is 0 Å². The van der Waals surface area contributed by atoms with Crippen LogP contribution in [-0.4, -0.2) is 41.8 Å². The molecule has 1 amide bonds. The van der Waals surface area contributed by atoms with E-state index in [4.69, 9.17) is 19.9 Å². The topological polar surface area (TPSA) is 88.6 Å². The van der Waals surface area contributed by atoms with E-state index in [9.17, 15) is 4.79 Å². The van der Waals surface area contributed by atoms with Crippen LogP contribution in [0.15, 0.2) is 42.7 Å². The monoisotopic (exact) mass is 331 g/mol. The van der Waals surface area contributed by atoms with E-state index >= 15 is 0 Å². The van der Waals surface area contributed by atoms with Crippen molar-refractivity contribution in [2.24, 2.45) is 11.7 Å². The molecule has 7 nitrogen and oxygen atoms in total. The molecule has 1 aliphatic rings. The maximum atomic E-state index is 11.0. The van der Waals surface area contributed by atoms with Gasteiger partial charge in [0.05, 0.1) is 32.3 Å². The van der Waals surface area contributed by atoms with E-state index in [-0.39, 0.29) is 12.0 Å². The maximum Gasteiger partial charge on any atom is 0.404 e. The van der Waals surface area contributed by atoms with Crippen LogP contribution < -0.4 is 10.5 Å². The Morgan fingerprint density at radius 2 is 2.21 bits per heavy atom. The van der Waals surface area contributed by atoms with E-state index in [0.717, 1.165) is 17.9 Å². The minimum absolute atomic E-state index is 0.0185. The summed E-state index contributed by atoms with van der Waals surface area (Å²) in [7, 11) is 0. The van der Waals surface area contributed by atoms with Gasteiger partial charge in [-0.1, -0.05) is 12.1 Å². The van der Waals surface area contributed by atoms with Crippen LogP contribution in [0.25, 0.3) is 0 Å². The molecule has 0 radical (unpaired) electrons. The van der Waals surface area contributed by atoms with E-state index < -0.39 is 6.09 Å². The first-order chi connectivity index (χ1) is 11.7. The van der Waals surface area contributed by atoms with Crippen molar-refractivity contribution in [2.45, 2.75) is 19.1 Å². The molecular formula is C17H21N3O4. The number of nitrogens with two attached hydrogens (primary N) is 1. The van der Waals surface area contributed by atoms with Gasteiger partial charge in [0.15, 0.2) is 0 Å². The third kappa shape index (κ3) is 4.48. The van der Waals surface area contributed by atoms with Crippen LogP contribution in [-0.2, 0) is 16.0 Å². The molecule has 1 aliphatic heterocycles. The largest absolute Gasteiger partial charge is 0.493 e. The molecule has 0 saturated carbocycles. The molecule has 7 heteroatoms. The summed E-state index contributed by atoms with van der Waals surface area (Å²) in [5.41, 5.74) is 6.26.